The Morgan fingerprint density at radius 2 is 1.91 bits per heavy atom. The van der Waals surface area contributed by atoms with Crippen LogP contribution in [0.5, 0.6) is 0 Å². The molecule has 1 amide bonds. The van der Waals surface area contributed by atoms with Gasteiger partial charge in [-0.05, 0) is 50.1 Å². The molecule has 3 rings (SSSR count). The second-order valence-corrected chi connectivity index (χ2v) is 8.59. The maximum atomic E-state index is 14.7. The summed E-state index contributed by atoms with van der Waals surface area (Å²) in [7, 11) is 1.23. The molecule has 0 fully saturated rings. The zero-order valence-corrected chi connectivity index (χ0v) is 19.6. The maximum absolute atomic E-state index is 14.7. The zero-order chi connectivity index (χ0) is 24.1. The molecule has 2 aromatic carbocycles. The lowest BCUT2D eigenvalue weighted by atomic mass is 9.82. The average molecular weight is 466 g/mol. The molecule has 0 bridgehead atoms. The lowest BCUT2D eigenvalue weighted by Gasteiger charge is -2.29. The topological polar surface area (TPSA) is 91.2 Å². The van der Waals surface area contributed by atoms with E-state index in [0.29, 0.717) is 16.4 Å². The molecule has 0 aromatic heterocycles. The van der Waals surface area contributed by atoms with Crippen molar-refractivity contribution in [1.82, 2.24) is 5.32 Å². The van der Waals surface area contributed by atoms with Crippen LogP contribution in [0.25, 0.3) is 0 Å². The second kappa shape index (κ2) is 10.4. The minimum atomic E-state index is -0.949. The number of anilines is 1. The molecule has 0 saturated carbocycles. The number of nitriles is 1. The molecular formula is C25H24FN3O3S. The SMILES string of the molecule is COC(=O)C1=C(C)NC(SCC(=O)Nc2ccc(C)c(C)c2)=C(C#N)[C@@H]1c1ccccc1F. The predicted molar refractivity (Wildman–Crippen MR) is 127 cm³/mol. The Bertz CT molecular complexity index is 1210. The number of ether oxygens (including phenoxy) is 1. The van der Waals surface area contributed by atoms with Gasteiger partial charge in [0, 0.05) is 16.9 Å². The number of dihydropyridines is 1. The first kappa shape index (κ1) is 24.1. The van der Waals surface area contributed by atoms with Crippen LogP contribution in [-0.2, 0) is 14.3 Å². The van der Waals surface area contributed by atoms with Gasteiger partial charge in [0.25, 0.3) is 0 Å². The average Bonchev–Trinajstić information content (AvgIpc) is 2.79. The predicted octanol–water partition coefficient (Wildman–Crippen LogP) is 4.68. The molecule has 1 atom stereocenters. The van der Waals surface area contributed by atoms with Crippen LogP contribution in [0.2, 0.25) is 0 Å². The summed E-state index contributed by atoms with van der Waals surface area (Å²) in [5.74, 6) is -2.38. The van der Waals surface area contributed by atoms with Gasteiger partial charge in [0.15, 0.2) is 0 Å². The second-order valence-electron chi connectivity index (χ2n) is 7.60. The lowest BCUT2D eigenvalue weighted by molar-refractivity contribution is -0.136. The number of carbonyl (C=O) groups excluding carboxylic acids is 2. The number of carbonyl (C=O) groups is 2. The summed E-state index contributed by atoms with van der Waals surface area (Å²) in [6.07, 6.45) is 0. The van der Waals surface area contributed by atoms with Crippen molar-refractivity contribution in [1.29, 1.82) is 5.26 Å². The number of halogens is 1. The van der Waals surface area contributed by atoms with E-state index in [1.807, 2.05) is 32.0 Å². The van der Waals surface area contributed by atoms with Crippen molar-refractivity contribution in [3.8, 4) is 6.07 Å². The molecule has 2 aromatic rings. The number of hydrogen-bond donors (Lipinski definition) is 2. The molecule has 0 saturated heterocycles. The van der Waals surface area contributed by atoms with Gasteiger partial charge in [0.2, 0.25) is 5.91 Å². The molecule has 1 aliphatic heterocycles. The highest BCUT2D eigenvalue weighted by Crippen LogP contribution is 2.41. The van der Waals surface area contributed by atoms with Gasteiger partial charge in [-0.3, -0.25) is 4.79 Å². The molecule has 6 nitrogen and oxygen atoms in total. The van der Waals surface area contributed by atoms with Gasteiger partial charge >= 0.3 is 5.97 Å². The Morgan fingerprint density at radius 1 is 1.18 bits per heavy atom. The summed E-state index contributed by atoms with van der Waals surface area (Å²) < 4.78 is 19.6. The van der Waals surface area contributed by atoms with E-state index in [4.69, 9.17) is 4.74 Å². The summed E-state index contributed by atoms with van der Waals surface area (Å²) >= 11 is 1.12. The van der Waals surface area contributed by atoms with Crippen LogP contribution in [0, 0.1) is 31.0 Å². The van der Waals surface area contributed by atoms with Crippen LogP contribution < -0.4 is 10.6 Å². The molecule has 170 valence electrons. The zero-order valence-electron chi connectivity index (χ0n) is 18.8. The van der Waals surface area contributed by atoms with E-state index in [-0.39, 0.29) is 28.4 Å². The van der Waals surface area contributed by atoms with Gasteiger partial charge in [-0.2, -0.15) is 5.26 Å². The molecule has 0 aliphatic carbocycles. The maximum Gasteiger partial charge on any atom is 0.336 e. The van der Waals surface area contributed by atoms with Crippen molar-refractivity contribution in [2.24, 2.45) is 0 Å². The van der Waals surface area contributed by atoms with Gasteiger partial charge < -0.3 is 15.4 Å². The van der Waals surface area contributed by atoms with Crippen LogP contribution in [0.15, 0.2) is 64.3 Å². The molecule has 0 spiro atoms. The fourth-order valence-electron chi connectivity index (χ4n) is 3.58. The van der Waals surface area contributed by atoms with Crippen molar-refractivity contribution in [3.63, 3.8) is 0 Å². The van der Waals surface area contributed by atoms with Crippen LogP contribution in [0.3, 0.4) is 0 Å². The molecule has 0 unspecified atom stereocenters. The highest BCUT2D eigenvalue weighted by Gasteiger charge is 2.36. The van der Waals surface area contributed by atoms with E-state index < -0.39 is 17.7 Å². The molecule has 33 heavy (non-hydrogen) atoms. The molecule has 1 heterocycles. The van der Waals surface area contributed by atoms with Crippen molar-refractivity contribution >= 4 is 29.3 Å². The molecule has 0 radical (unpaired) electrons. The third-order valence-corrected chi connectivity index (χ3v) is 6.42. The number of thioether (sulfide) groups is 1. The molecule has 8 heteroatoms. The number of nitrogens with one attached hydrogen (secondary N) is 2. The van der Waals surface area contributed by atoms with Gasteiger partial charge in [0.1, 0.15) is 5.82 Å². The normalized spacial score (nSPS) is 15.6. The Labute approximate surface area is 196 Å². The van der Waals surface area contributed by atoms with Crippen LogP contribution in [-0.4, -0.2) is 24.7 Å². The van der Waals surface area contributed by atoms with E-state index in [9.17, 15) is 19.2 Å². The lowest BCUT2D eigenvalue weighted by Crippen LogP contribution is -2.29. The number of allylic oxidation sites excluding steroid dienone is 2. The van der Waals surface area contributed by atoms with Gasteiger partial charge in [0.05, 0.1) is 41.0 Å². The quantitative estimate of drug-likeness (QED) is 0.602. The number of nitrogens with zero attached hydrogens (tertiary/aromatic N) is 1. The third kappa shape index (κ3) is 5.26. The van der Waals surface area contributed by atoms with Gasteiger partial charge in [-0.15, -0.1) is 0 Å². The Kier molecular flexibility index (Phi) is 7.56. The first-order chi connectivity index (χ1) is 15.8. The fraction of sp³-hybridized carbons (Fsp3) is 0.240. The van der Waals surface area contributed by atoms with Gasteiger partial charge in [-0.1, -0.05) is 36.0 Å². The number of aryl methyl sites for hydroxylation is 2. The van der Waals surface area contributed by atoms with E-state index >= 15 is 0 Å². The van der Waals surface area contributed by atoms with E-state index in [1.165, 1.54) is 25.3 Å². The molecule has 2 N–H and O–H groups in total. The highest BCUT2D eigenvalue weighted by atomic mass is 32.2. The number of hydrogen-bond acceptors (Lipinski definition) is 6. The summed E-state index contributed by atoms with van der Waals surface area (Å²) in [6.45, 7) is 5.61. The largest absolute Gasteiger partial charge is 0.466 e. The first-order valence-electron chi connectivity index (χ1n) is 10.2. The van der Waals surface area contributed by atoms with Crippen molar-refractivity contribution in [2.75, 3.05) is 18.2 Å². The highest BCUT2D eigenvalue weighted by molar-refractivity contribution is 8.03. The van der Waals surface area contributed by atoms with E-state index in [1.54, 1.807) is 13.0 Å². The Morgan fingerprint density at radius 3 is 2.55 bits per heavy atom. The van der Waals surface area contributed by atoms with Crippen LogP contribution in [0.4, 0.5) is 10.1 Å². The first-order valence-corrected chi connectivity index (χ1v) is 11.2. The van der Waals surface area contributed by atoms with Crippen molar-refractivity contribution in [2.45, 2.75) is 26.7 Å². The van der Waals surface area contributed by atoms with Gasteiger partial charge in [-0.25, -0.2) is 9.18 Å². The smallest absolute Gasteiger partial charge is 0.336 e. The summed E-state index contributed by atoms with van der Waals surface area (Å²) in [5.41, 5.74) is 3.80. The van der Waals surface area contributed by atoms with Crippen LogP contribution >= 0.6 is 11.8 Å². The number of benzene rings is 2. The van der Waals surface area contributed by atoms with Crippen molar-refractivity contribution < 1.29 is 18.7 Å². The Balaban J connectivity index is 1.89. The molecular weight excluding hydrogens is 441 g/mol. The summed E-state index contributed by atoms with van der Waals surface area (Å²) in [5, 5.41) is 16.2. The Hall–Kier alpha value is -3.57. The minimum absolute atomic E-state index is 0.0191. The number of amides is 1. The van der Waals surface area contributed by atoms with E-state index in [0.717, 1.165) is 22.9 Å². The third-order valence-electron chi connectivity index (χ3n) is 5.41. The van der Waals surface area contributed by atoms with Crippen LogP contribution in [0.1, 0.15) is 29.5 Å². The fourth-order valence-corrected chi connectivity index (χ4v) is 4.47. The van der Waals surface area contributed by atoms with E-state index in [2.05, 4.69) is 16.7 Å². The summed E-state index contributed by atoms with van der Waals surface area (Å²) in [4.78, 5) is 25.1. The minimum Gasteiger partial charge on any atom is -0.466 e. The number of methoxy groups -OCH3 is 1. The monoisotopic (exact) mass is 465 g/mol. The standard InChI is InChI=1S/C25H24FN3O3S/c1-14-9-10-17(11-15(14)2)29-21(30)13-33-24-19(12-27)23(18-7-5-6-8-20(18)26)22(16(3)28-24)25(31)32-4/h5-11,23,28H,13H2,1-4H3,(H,29,30)/t23-/m0/s1. The summed E-state index contributed by atoms with van der Waals surface area (Å²) in [6, 6.07) is 13.7. The van der Waals surface area contributed by atoms with Crippen molar-refractivity contribution in [3.05, 3.63) is 86.8 Å². The molecule has 1 aliphatic rings. The number of esters is 1. The number of rotatable bonds is 6.